The first-order chi connectivity index (χ1) is 9.87. The molecule has 114 valence electrons. The molecule has 0 spiro atoms. The Labute approximate surface area is 130 Å². The fourth-order valence-corrected chi connectivity index (χ4v) is 3.18. The second-order valence-corrected chi connectivity index (χ2v) is 7.41. The van der Waals surface area contributed by atoms with E-state index in [9.17, 15) is 4.39 Å². The summed E-state index contributed by atoms with van der Waals surface area (Å²) in [4.78, 5) is 6.04. The van der Waals surface area contributed by atoms with Crippen LogP contribution in [0.4, 0.5) is 4.39 Å². The van der Waals surface area contributed by atoms with Crippen LogP contribution in [0.2, 0.25) is 0 Å². The molecule has 0 saturated carbocycles. The SMILES string of the molecule is CCc1nc(Cc2ccc(F)cc2)sc1CNC(C)(C)C. The van der Waals surface area contributed by atoms with Gasteiger partial charge in [0, 0.05) is 23.4 Å². The molecule has 0 atom stereocenters. The quantitative estimate of drug-likeness (QED) is 0.889. The molecule has 2 rings (SSSR count). The van der Waals surface area contributed by atoms with Gasteiger partial charge < -0.3 is 5.32 Å². The van der Waals surface area contributed by atoms with Gasteiger partial charge in [-0.1, -0.05) is 19.1 Å². The number of aryl methyl sites for hydroxylation is 1. The van der Waals surface area contributed by atoms with Crippen molar-refractivity contribution < 1.29 is 4.39 Å². The molecule has 0 amide bonds. The van der Waals surface area contributed by atoms with Crippen molar-refractivity contribution in [2.24, 2.45) is 0 Å². The topological polar surface area (TPSA) is 24.9 Å². The molecular weight excluding hydrogens is 283 g/mol. The molecule has 0 aliphatic heterocycles. The molecule has 0 aliphatic carbocycles. The summed E-state index contributed by atoms with van der Waals surface area (Å²) in [6.45, 7) is 9.49. The maximum Gasteiger partial charge on any atom is 0.123 e. The van der Waals surface area contributed by atoms with Gasteiger partial charge in [-0.25, -0.2) is 9.37 Å². The standard InChI is InChI=1S/C17H23FN2S/c1-5-14-15(11-19-17(2,3)4)21-16(20-14)10-12-6-8-13(18)9-7-12/h6-9,19H,5,10-11H2,1-4H3. The van der Waals surface area contributed by atoms with E-state index in [2.05, 4.69) is 33.0 Å². The summed E-state index contributed by atoms with van der Waals surface area (Å²) in [5, 5.41) is 4.62. The first-order valence-electron chi connectivity index (χ1n) is 7.34. The summed E-state index contributed by atoms with van der Waals surface area (Å²) >= 11 is 1.76. The van der Waals surface area contributed by atoms with Crippen molar-refractivity contribution in [3.63, 3.8) is 0 Å². The van der Waals surface area contributed by atoms with Gasteiger partial charge in [-0.05, 0) is 44.9 Å². The highest BCUT2D eigenvalue weighted by atomic mass is 32.1. The number of thiazole rings is 1. The Hall–Kier alpha value is -1.26. The highest BCUT2D eigenvalue weighted by Crippen LogP contribution is 2.22. The van der Waals surface area contributed by atoms with E-state index in [0.717, 1.165) is 30.0 Å². The van der Waals surface area contributed by atoms with Crippen molar-refractivity contribution in [1.29, 1.82) is 0 Å². The summed E-state index contributed by atoms with van der Waals surface area (Å²) in [5.74, 6) is -0.192. The van der Waals surface area contributed by atoms with Crippen molar-refractivity contribution in [2.45, 2.75) is 52.6 Å². The average Bonchev–Trinajstić information content (AvgIpc) is 2.80. The van der Waals surface area contributed by atoms with E-state index < -0.39 is 0 Å². The van der Waals surface area contributed by atoms with E-state index in [-0.39, 0.29) is 11.4 Å². The Morgan fingerprint density at radius 2 is 1.86 bits per heavy atom. The first kappa shape index (κ1) is 16.1. The van der Waals surface area contributed by atoms with Crippen molar-refractivity contribution in [1.82, 2.24) is 10.3 Å². The predicted octanol–water partition coefficient (Wildman–Crippen LogP) is 4.32. The minimum absolute atomic E-state index is 0.103. The van der Waals surface area contributed by atoms with Crippen LogP contribution in [0, 0.1) is 5.82 Å². The second-order valence-electron chi connectivity index (χ2n) is 6.24. The van der Waals surface area contributed by atoms with Crippen LogP contribution in [0.25, 0.3) is 0 Å². The molecule has 0 fully saturated rings. The zero-order chi connectivity index (χ0) is 15.5. The maximum atomic E-state index is 12.9. The number of hydrogen-bond acceptors (Lipinski definition) is 3. The van der Waals surface area contributed by atoms with Gasteiger partial charge in [0.2, 0.25) is 0 Å². The van der Waals surface area contributed by atoms with Gasteiger partial charge in [0.25, 0.3) is 0 Å². The predicted molar refractivity (Wildman–Crippen MR) is 87.3 cm³/mol. The molecule has 0 aliphatic rings. The van der Waals surface area contributed by atoms with E-state index >= 15 is 0 Å². The summed E-state index contributed by atoms with van der Waals surface area (Å²) < 4.78 is 12.9. The van der Waals surface area contributed by atoms with Gasteiger partial charge in [-0.2, -0.15) is 0 Å². The van der Waals surface area contributed by atoms with Crippen molar-refractivity contribution in [3.05, 3.63) is 51.2 Å². The number of aromatic nitrogens is 1. The molecule has 0 bridgehead atoms. The lowest BCUT2D eigenvalue weighted by atomic mass is 10.1. The largest absolute Gasteiger partial charge is 0.307 e. The molecule has 0 unspecified atom stereocenters. The van der Waals surface area contributed by atoms with E-state index in [4.69, 9.17) is 4.98 Å². The Bertz CT molecular complexity index is 582. The van der Waals surface area contributed by atoms with Crippen LogP contribution < -0.4 is 5.32 Å². The lowest BCUT2D eigenvalue weighted by molar-refractivity contribution is 0.425. The first-order valence-corrected chi connectivity index (χ1v) is 8.16. The number of hydrogen-bond donors (Lipinski definition) is 1. The lowest BCUT2D eigenvalue weighted by Gasteiger charge is -2.20. The second kappa shape index (κ2) is 6.67. The van der Waals surface area contributed by atoms with Crippen molar-refractivity contribution in [3.8, 4) is 0 Å². The van der Waals surface area contributed by atoms with E-state index in [1.54, 1.807) is 11.3 Å². The third kappa shape index (κ3) is 4.90. The Balaban J connectivity index is 2.10. The molecule has 0 saturated heterocycles. The van der Waals surface area contributed by atoms with Gasteiger partial charge in [0.05, 0.1) is 10.7 Å². The van der Waals surface area contributed by atoms with E-state index in [1.165, 1.54) is 22.7 Å². The van der Waals surface area contributed by atoms with Crippen LogP contribution in [0.15, 0.2) is 24.3 Å². The molecule has 1 aromatic heterocycles. The van der Waals surface area contributed by atoms with Gasteiger partial charge in [-0.15, -0.1) is 11.3 Å². The fraction of sp³-hybridized carbons (Fsp3) is 0.471. The number of benzene rings is 1. The molecule has 1 N–H and O–H groups in total. The summed E-state index contributed by atoms with van der Waals surface area (Å²) in [6, 6.07) is 6.67. The van der Waals surface area contributed by atoms with Gasteiger partial charge >= 0.3 is 0 Å². The summed E-state index contributed by atoms with van der Waals surface area (Å²) in [7, 11) is 0. The molecule has 0 radical (unpaired) electrons. The van der Waals surface area contributed by atoms with Crippen LogP contribution in [-0.4, -0.2) is 10.5 Å². The Morgan fingerprint density at radius 3 is 2.43 bits per heavy atom. The third-order valence-electron chi connectivity index (χ3n) is 3.21. The number of halogens is 1. The number of nitrogens with one attached hydrogen (secondary N) is 1. The van der Waals surface area contributed by atoms with Gasteiger partial charge in [-0.3, -0.25) is 0 Å². The lowest BCUT2D eigenvalue weighted by Crippen LogP contribution is -2.35. The highest BCUT2D eigenvalue weighted by molar-refractivity contribution is 7.11. The average molecular weight is 306 g/mol. The van der Waals surface area contributed by atoms with Crippen molar-refractivity contribution >= 4 is 11.3 Å². The summed E-state index contributed by atoms with van der Waals surface area (Å²) in [5.41, 5.74) is 2.38. The number of rotatable bonds is 5. The summed E-state index contributed by atoms with van der Waals surface area (Å²) in [6.07, 6.45) is 1.72. The normalized spacial score (nSPS) is 11.9. The fourth-order valence-electron chi connectivity index (χ4n) is 2.05. The molecular formula is C17H23FN2S. The highest BCUT2D eigenvalue weighted by Gasteiger charge is 2.14. The maximum absolute atomic E-state index is 12.9. The van der Waals surface area contributed by atoms with E-state index in [0.29, 0.717) is 0 Å². The Kier molecular flexibility index (Phi) is 5.12. The molecule has 2 nitrogen and oxygen atoms in total. The molecule has 1 aromatic carbocycles. The minimum Gasteiger partial charge on any atom is -0.307 e. The van der Waals surface area contributed by atoms with Crippen molar-refractivity contribution in [2.75, 3.05) is 0 Å². The van der Waals surface area contributed by atoms with Crippen LogP contribution in [0.1, 0.15) is 48.8 Å². The number of nitrogens with zero attached hydrogens (tertiary/aromatic N) is 1. The van der Waals surface area contributed by atoms with Crippen LogP contribution in [0.5, 0.6) is 0 Å². The Morgan fingerprint density at radius 1 is 1.19 bits per heavy atom. The van der Waals surface area contributed by atoms with Gasteiger partial charge in [0.15, 0.2) is 0 Å². The minimum atomic E-state index is -0.192. The third-order valence-corrected chi connectivity index (χ3v) is 4.30. The molecule has 4 heteroatoms. The van der Waals surface area contributed by atoms with Crippen LogP contribution in [0.3, 0.4) is 0 Å². The molecule has 2 aromatic rings. The molecule has 1 heterocycles. The zero-order valence-corrected chi connectivity index (χ0v) is 14.0. The van der Waals surface area contributed by atoms with Crippen LogP contribution >= 0.6 is 11.3 Å². The smallest absolute Gasteiger partial charge is 0.123 e. The monoisotopic (exact) mass is 306 g/mol. The van der Waals surface area contributed by atoms with Crippen LogP contribution in [-0.2, 0) is 19.4 Å². The van der Waals surface area contributed by atoms with E-state index in [1.807, 2.05) is 12.1 Å². The van der Waals surface area contributed by atoms with Gasteiger partial charge in [0.1, 0.15) is 5.82 Å². The zero-order valence-electron chi connectivity index (χ0n) is 13.2. The molecule has 21 heavy (non-hydrogen) atoms.